The maximum Gasteiger partial charge on any atom is 0.359 e. The minimum absolute atomic E-state index is 0.301. The summed E-state index contributed by atoms with van der Waals surface area (Å²) >= 11 is 0. The van der Waals surface area contributed by atoms with Crippen molar-refractivity contribution in [2.75, 3.05) is 6.61 Å². The average Bonchev–Trinajstić information content (AvgIpc) is 3.20. The van der Waals surface area contributed by atoms with Gasteiger partial charge in [-0.05, 0) is 43.0 Å². The van der Waals surface area contributed by atoms with E-state index in [4.69, 9.17) is 4.74 Å². The van der Waals surface area contributed by atoms with E-state index in [9.17, 15) is 4.79 Å². The molecule has 0 atom stereocenters. The summed E-state index contributed by atoms with van der Waals surface area (Å²) in [5.74, 6) is 0.199. The van der Waals surface area contributed by atoms with Crippen LogP contribution in [-0.2, 0) is 17.6 Å². The fraction of sp³-hybridized carbons (Fsp3) is 0.174. The number of fused-ring (bicyclic) bond motifs is 3. The van der Waals surface area contributed by atoms with Crippen molar-refractivity contribution >= 4 is 5.97 Å². The molecule has 0 saturated heterocycles. The van der Waals surface area contributed by atoms with Gasteiger partial charge in [0.1, 0.15) is 6.33 Å². The van der Waals surface area contributed by atoms with Crippen LogP contribution in [0, 0.1) is 0 Å². The summed E-state index contributed by atoms with van der Waals surface area (Å²) in [5.41, 5.74) is 6.46. The lowest BCUT2D eigenvalue weighted by Gasteiger charge is -2.19. The maximum absolute atomic E-state index is 12.6. The third-order valence-electron chi connectivity index (χ3n) is 5.24. The number of hydrogen-bond donors (Lipinski definition) is 0. The van der Waals surface area contributed by atoms with E-state index in [1.54, 1.807) is 30.1 Å². The Morgan fingerprint density at radius 3 is 2.80 bits per heavy atom. The van der Waals surface area contributed by atoms with Crippen LogP contribution < -0.4 is 0 Å². The first-order valence-corrected chi connectivity index (χ1v) is 9.85. The predicted octanol–water partition coefficient (Wildman–Crippen LogP) is 3.67. The van der Waals surface area contributed by atoms with Gasteiger partial charge in [0.2, 0.25) is 0 Å². The number of benzene rings is 1. The number of rotatable bonds is 4. The fourth-order valence-electron chi connectivity index (χ4n) is 3.89. The van der Waals surface area contributed by atoms with E-state index in [0.29, 0.717) is 24.5 Å². The average molecular weight is 397 g/mol. The van der Waals surface area contributed by atoms with Gasteiger partial charge in [-0.2, -0.15) is 5.10 Å². The van der Waals surface area contributed by atoms with Crippen LogP contribution >= 0.6 is 0 Å². The van der Waals surface area contributed by atoms with Crippen LogP contribution in [0.2, 0.25) is 0 Å². The molecular formula is C23H19N5O2. The van der Waals surface area contributed by atoms with Crippen molar-refractivity contribution in [3.05, 3.63) is 78.1 Å². The number of hydrogen-bond acceptors (Lipinski definition) is 6. The molecule has 1 aliphatic carbocycles. The van der Waals surface area contributed by atoms with Crippen molar-refractivity contribution in [2.45, 2.75) is 19.8 Å². The van der Waals surface area contributed by atoms with Crippen LogP contribution in [0.1, 0.15) is 28.5 Å². The molecule has 0 bridgehead atoms. The summed E-state index contributed by atoms with van der Waals surface area (Å²) in [5, 5.41) is 4.62. The summed E-state index contributed by atoms with van der Waals surface area (Å²) in [6.45, 7) is 2.09. The van der Waals surface area contributed by atoms with Gasteiger partial charge in [0.25, 0.3) is 0 Å². The van der Waals surface area contributed by atoms with E-state index in [1.165, 1.54) is 11.9 Å². The monoisotopic (exact) mass is 397 g/mol. The Labute approximate surface area is 173 Å². The van der Waals surface area contributed by atoms with E-state index in [-0.39, 0.29) is 0 Å². The quantitative estimate of drug-likeness (QED) is 0.489. The molecule has 3 aromatic heterocycles. The first-order valence-electron chi connectivity index (χ1n) is 9.85. The standard InChI is InChI=1S/C23H19N5O2/c1-2-30-23(29)21-18-8-7-15-5-6-16(17-4-3-10-24-13-17)12-19(15)22(18)28(27-21)20-9-11-25-14-26-20/h3-6,9-14H,2,7-8H2,1H3. The summed E-state index contributed by atoms with van der Waals surface area (Å²) in [6.07, 6.45) is 8.29. The molecule has 0 unspecified atom stereocenters. The number of pyridine rings is 1. The van der Waals surface area contributed by atoms with E-state index in [2.05, 4.69) is 38.2 Å². The van der Waals surface area contributed by atoms with Crippen molar-refractivity contribution < 1.29 is 9.53 Å². The Bertz CT molecular complexity index is 1220. The lowest BCUT2D eigenvalue weighted by Crippen LogP contribution is -2.11. The Morgan fingerprint density at radius 1 is 1.10 bits per heavy atom. The Balaban J connectivity index is 1.74. The van der Waals surface area contributed by atoms with Crippen LogP contribution in [0.5, 0.6) is 0 Å². The molecule has 148 valence electrons. The molecule has 3 heterocycles. The SMILES string of the molecule is CCOC(=O)c1nn(-c2ccncn2)c2c1CCc1ccc(-c3cccnc3)cc1-2. The highest BCUT2D eigenvalue weighted by Crippen LogP contribution is 2.39. The van der Waals surface area contributed by atoms with Gasteiger partial charge < -0.3 is 4.74 Å². The molecule has 0 amide bonds. The van der Waals surface area contributed by atoms with Crippen molar-refractivity contribution in [3.8, 4) is 28.2 Å². The molecule has 7 heteroatoms. The molecule has 0 fully saturated rings. The summed E-state index contributed by atoms with van der Waals surface area (Å²) in [7, 11) is 0. The first-order chi connectivity index (χ1) is 14.8. The van der Waals surface area contributed by atoms with Crippen LogP contribution in [0.25, 0.3) is 28.2 Å². The normalized spacial score (nSPS) is 12.2. The lowest BCUT2D eigenvalue weighted by atomic mass is 9.87. The second-order valence-electron chi connectivity index (χ2n) is 6.99. The molecule has 1 aromatic carbocycles. The van der Waals surface area contributed by atoms with Crippen LogP contribution in [0.3, 0.4) is 0 Å². The number of carbonyl (C=O) groups is 1. The number of carbonyl (C=O) groups excluding carboxylic acids is 1. The zero-order chi connectivity index (χ0) is 20.5. The smallest absolute Gasteiger partial charge is 0.359 e. The number of aromatic nitrogens is 5. The molecule has 7 nitrogen and oxygen atoms in total. The van der Waals surface area contributed by atoms with Crippen molar-refractivity contribution in [1.29, 1.82) is 0 Å². The summed E-state index contributed by atoms with van der Waals surface area (Å²) in [6, 6.07) is 12.1. The van der Waals surface area contributed by atoms with E-state index < -0.39 is 5.97 Å². The molecular weight excluding hydrogens is 378 g/mol. The van der Waals surface area contributed by atoms with Gasteiger partial charge >= 0.3 is 5.97 Å². The minimum atomic E-state index is -0.409. The van der Waals surface area contributed by atoms with Gasteiger partial charge in [0.15, 0.2) is 11.5 Å². The van der Waals surface area contributed by atoms with Crippen LogP contribution in [-0.4, -0.2) is 37.3 Å². The third-order valence-corrected chi connectivity index (χ3v) is 5.24. The largest absolute Gasteiger partial charge is 0.461 e. The maximum atomic E-state index is 12.6. The Kier molecular flexibility index (Phi) is 4.55. The highest BCUT2D eigenvalue weighted by atomic mass is 16.5. The van der Waals surface area contributed by atoms with Crippen molar-refractivity contribution in [3.63, 3.8) is 0 Å². The summed E-state index contributed by atoms with van der Waals surface area (Å²) in [4.78, 5) is 25.2. The van der Waals surface area contributed by atoms with Gasteiger partial charge in [0.05, 0.1) is 12.3 Å². The molecule has 0 spiro atoms. The Hall–Kier alpha value is -3.87. The number of esters is 1. The molecule has 4 aromatic rings. The van der Waals surface area contributed by atoms with E-state index in [1.807, 2.05) is 18.3 Å². The molecule has 5 rings (SSSR count). The number of ether oxygens (including phenoxy) is 1. The van der Waals surface area contributed by atoms with Crippen molar-refractivity contribution in [1.82, 2.24) is 24.7 Å². The molecule has 1 aliphatic rings. The topological polar surface area (TPSA) is 82.8 Å². The van der Waals surface area contributed by atoms with E-state index in [0.717, 1.165) is 34.4 Å². The van der Waals surface area contributed by atoms with Crippen molar-refractivity contribution in [2.24, 2.45) is 0 Å². The highest BCUT2D eigenvalue weighted by molar-refractivity contribution is 5.93. The predicted molar refractivity (Wildman–Crippen MR) is 111 cm³/mol. The van der Waals surface area contributed by atoms with Crippen LogP contribution in [0.15, 0.2) is 61.3 Å². The van der Waals surface area contributed by atoms with Gasteiger partial charge in [-0.3, -0.25) is 4.98 Å². The molecule has 0 N–H and O–H groups in total. The summed E-state index contributed by atoms with van der Waals surface area (Å²) < 4.78 is 7.00. The molecule has 0 aliphatic heterocycles. The molecule has 0 saturated carbocycles. The number of nitrogens with zero attached hydrogens (tertiary/aromatic N) is 5. The van der Waals surface area contributed by atoms with Gasteiger partial charge in [-0.25, -0.2) is 19.4 Å². The lowest BCUT2D eigenvalue weighted by molar-refractivity contribution is 0.0517. The first kappa shape index (κ1) is 18.2. The highest BCUT2D eigenvalue weighted by Gasteiger charge is 2.30. The zero-order valence-corrected chi connectivity index (χ0v) is 16.4. The second-order valence-corrected chi connectivity index (χ2v) is 6.99. The van der Waals surface area contributed by atoms with Gasteiger partial charge in [-0.15, -0.1) is 0 Å². The van der Waals surface area contributed by atoms with Gasteiger partial charge in [0, 0.05) is 41.3 Å². The third kappa shape index (κ3) is 3.04. The second kappa shape index (κ2) is 7.51. The van der Waals surface area contributed by atoms with Gasteiger partial charge in [-0.1, -0.05) is 18.2 Å². The molecule has 0 radical (unpaired) electrons. The van der Waals surface area contributed by atoms with E-state index >= 15 is 0 Å². The molecule has 30 heavy (non-hydrogen) atoms. The zero-order valence-electron chi connectivity index (χ0n) is 16.4. The number of aryl methyl sites for hydroxylation is 1. The fourth-order valence-corrected chi connectivity index (χ4v) is 3.89. The van der Waals surface area contributed by atoms with Crippen LogP contribution in [0.4, 0.5) is 0 Å². The minimum Gasteiger partial charge on any atom is -0.461 e. The Morgan fingerprint density at radius 2 is 2.03 bits per heavy atom.